The molecule has 0 unspecified atom stereocenters. The van der Waals surface area contributed by atoms with Gasteiger partial charge in [-0.15, -0.1) is 0 Å². The monoisotopic (exact) mass is 654 g/mol. The number of carbonyl (C=O) groups is 2. The lowest BCUT2D eigenvalue weighted by atomic mass is 10.3. The molecule has 18 heteroatoms. The van der Waals surface area contributed by atoms with E-state index in [-0.39, 0.29) is 34.3 Å². The minimum atomic E-state index is -3.90. The topological polar surface area (TPSA) is 176 Å². The van der Waals surface area contributed by atoms with Crippen LogP contribution in [0.5, 0.6) is 0 Å². The highest BCUT2D eigenvalue weighted by molar-refractivity contribution is 7.91. The van der Waals surface area contributed by atoms with E-state index in [0.717, 1.165) is 59.0 Å². The number of halogens is 2. The van der Waals surface area contributed by atoms with Crippen LogP contribution in [0.25, 0.3) is 0 Å². The molecular weight excluding hydrogens is 626 g/mol. The Labute approximate surface area is 251 Å². The highest BCUT2D eigenvalue weighted by Gasteiger charge is 2.26. The van der Waals surface area contributed by atoms with Gasteiger partial charge in [-0.05, 0) is 24.3 Å². The van der Waals surface area contributed by atoms with E-state index in [1.165, 1.54) is 0 Å². The van der Waals surface area contributed by atoms with Gasteiger partial charge < -0.3 is 20.3 Å². The van der Waals surface area contributed by atoms with Crippen LogP contribution in [0.1, 0.15) is 0 Å². The van der Waals surface area contributed by atoms with Gasteiger partial charge in [-0.25, -0.2) is 35.2 Å². The highest BCUT2D eigenvalue weighted by atomic mass is 32.2. The molecule has 0 spiro atoms. The van der Waals surface area contributed by atoms with Crippen LogP contribution in [-0.4, -0.2) is 92.2 Å². The van der Waals surface area contributed by atoms with Crippen molar-refractivity contribution < 1.29 is 44.9 Å². The molecule has 0 atom stereocenters. The summed E-state index contributed by atoms with van der Waals surface area (Å²) in [5.74, 6) is -3.30. The molecule has 0 saturated heterocycles. The summed E-state index contributed by atoms with van der Waals surface area (Å²) in [6.45, 7) is 1.25. The van der Waals surface area contributed by atoms with E-state index in [0.29, 0.717) is 50.0 Å². The van der Waals surface area contributed by atoms with Crippen molar-refractivity contribution in [2.24, 2.45) is 9.98 Å². The zero-order valence-electron chi connectivity index (χ0n) is 23.5. The fraction of sp³-hybridized carbons (Fsp3) is 0.308. The van der Waals surface area contributed by atoms with E-state index in [9.17, 15) is 35.2 Å². The van der Waals surface area contributed by atoms with Crippen molar-refractivity contribution >= 4 is 54.7 Å². The lowest BCUT2D eigenvalue weighted by Crippen LogP contribution is -2.38. The Hall–Kier alpha value is -4.58. The molecule has 0 bridgehead atoms. The van der Waals surface area contributed by atoms with Crippen molar-refractivity contribution in [3.8, 4) is 0 Å². The van der Waals surface area contributed by atoms with Gasteiger partial charge in [0.25, 0.3) is 0 Å². The van der Waals surface area contributed by atoms with E-state index in [2.05, 4.69) is 20.6 Å². The van der Waals surface area contributed by atoms with E-state index >= 15 is 0 Å². The third-order valence-electron chi connectivity index (χ3n) is 6.01. The second-order valence-electron chi connectivity index (χ2n) is 9.51. The second kappa shape index (κ2) is 13.4. The van der Waals surface area contributed by atoms with E-state index < -0.39 is 43.2 Å². The molecule has 0 saturated carbocycles. The standard InChI is InChI=1S/C26H28F2N6O8S2/c1-43(37,38)21-5-3-17(27)13-19(21)33(15-23-29-9-10-30-23)41-25(35)7-8-26(36)42-34(16-24-31-11-12-32-24)20-14-18(28)4-6-22(20)44(2,39)40/h3-8,13-14H,9-12,15-16H2,1-2H3,(H,29,30)(H,31,32)/b8-7+. The average molecular weight is 655 g/mol. The van der Waals surface area contributed by atoms with Crippen LogP contribution in [0.4, 0.5) is 20.2 Å². The van der Waals surface area contributed by atoms with Crippen LogP contribution in [0.15, 0.2) is 68.3 Å². The average Bonchev–Trinajstić information content (AvgIpc) is 3.64. The van der Waals surface area contributed by atoms with Crippen molar-refractivity contribution in [2.45, 2.75) is 9.79 Å². The number of aliphatic imine (C=N–C) groups is 2. The number of hydrogen-bond donors (Lipinski definition) is 2. The van der Waals surface area contributed by atoms with Gasteiger partial charge in [0.1, 0.15) is 36.4 Å². The number of benzene rings is 2. The smallest absolute Gasteiger partial charge is 0.356 e. The minimum Gasteiger partial charge on any atom is -0.370 e. The lowest BCUT2D eigenvalue weighted by Gasteiger charge is -2.25. The van der Waals surface area contributed by atoms with Crippen molar-refractivity contribution in [3.05, 3.63) is 60.2 Å². The number of rotatable bonds is 12. The zero-order valence-corrected chi connectivity index (χ0v) is 25.1. The molecule has 0 aliphatic carbocycles. The number of anilines is 2. The maximum atomic E-state index is 14.2. The van der Waals surface area contributed by atoms with Crippen LogP contribution >= 0.6 is 0 Å². The predicted molar refractivity (Wildman–Crippen MR) is 156 cm³/mol. The number of nitrogens with zero attached hydrogens (tertiary/aromatic N) is 4. The predicted octanol–water partition coefficient (Wildman–Crippen LogP) is 0.561. The molecule has 2 aromatic rings. The molecule has 0 radical (unpaired) electrons. The van der Waals surface area contributed by atoms with Crippen molar-refractivity contribution in [1.82, 2.24) is 10.6 Å². The number of hydroxylamine groups is 2. The van der Waals surface area contributed by atoms with Gasteiger partial charge in [-0.1, -0.05) is 0 Å². The molecule has 2 aliphatic heterocycles. The van der Waals surface area contributed by atoms with Gasteiger partial charge in [0.05, 0.1) is 34.3 Å². The number of sulfone groups is 2. The van der Waals surface area contributed by atoms with Gasteiger partial charge in [-0.3, -0.25) is 9.98 Å². The third kappa shape index (κ3) is 8.50. The summed E-state index contributed by atoms with van der Waals surface area (Å²) in [4.78, 5) is 43.8. The Morgan fingerprint density at radius 3 is 1.48 bits per heavy atom. The second-order valence-corrected chi connectivity index (χ2v) is 13.5. The molecule has 2 N–H and O–H groups in total. The molecule has 44 heavy (non-hydrogen) atoms. The first kappa shape index (κ1) is 32.3. The lowest BCUT2D eigenvalue weighted by molar-refractivity contribution is -0.141. The Kier molecular flexibility index (Phi) is 9.83. The maximum Gasteiger partial charge on any atom is 0.356 e. The van der Waals surface area contributed by atoms with Crippen molar-refractivity contribution in [1.29, 1.82) is 0 Å². The molecule has 2 aliphatic rings. The molecular formula is C26H28F2N6O8S2. The number of carbonyl (C=O) groups excluding carboxylic acids is 2. The van der Waals surface area contributed by atoms with Gasteiger partial charge in [0.2, 0.25) is 0 Å². The normalized spacial score (nSPS) is 14.8. The summed E-state index contributed by atoms with van der Waals surface area (Å²) in [5, 5.41) is 7.49. The fourth-order valence-electron chi connectivity index (χ4n) is 4.12. The van der Waals surface area contributed by atoms with Crippen LogP contribution in [-0.2, 0) is 38.9 Å². The summed E-state index contributed by atoms with van der Waals surface area (Å²) in [7, 11) is -7.80. The number of amidine groups is 2. The Morgan fingerprint density at radius 2 is 1.16 bits per heavy atom. The van der Waals surface area contributed by atoms with Gasteiger partial charge in [0, 0.05) is 49.9 Å². The molecule has 2 aromatic carbocycles. The molecule has 236 valence electrons. The quantitative estimate of drug-likeness (QED) is 0.185. The summed E-state index contributed by atoms with van der Waals surface area (Å²) in [6.07, 6.45) is 3.12. The van der Waals surface area contributed by atoms with Crippen molar-refractivity contribution in [2.75, 3.05) is 61.9 Å². The van der Waals surface area contributed by atoms with Crippen molar-refractivity contribution in [3.63, 3.8) is 0 Å². The third-order valence-corrected chi connectivity index (χ3v) is 8.30. The van der Waals surface area contributed by atoms with Gasteiger partial charge in [0.15, 0.2) is 19.7 Å². The highest BCUT2D eigenvalue weighted by Crippen LogP contribution is 2.28. The SMILES string of the molecule is CS(=O)(=O)c1ccc(F)cc1N(CC1=NCCN1)OC(=O)/C=C/C(=O)ON(CC1=NCCN1)c1cc(F)ccc1S(C)(=O)=O. The Morgan fingerprint density at radius 1 is 0.773 bits per heavy atom. The molecule has 0 fully saturated rings. The number of hydrogen-bond acceptors (Lipinski definition) is 14. The summed E-state index contributed by atoms with van der Waals surface area (Å²) in [5.41, 5.74) is -0.577. The first-order valence-corrected chi connectivity index (χ1v) is 16.7. The molecule has 2 heterocycles. The van der Waals surface area contributed by atoms with E-state index in [4.69, 9.17) is 9.68 Å². The Balaban J connectivity index is 1.57. The Bertz CT molecular complexity index is 1640. The fourth-order valence-corrected chi connectivity index (χ4v) is 5.83. The summed E-state index contributed by atoms with van der Waals surface area (Å²) >= 11 is 0. The summed E-state index contributed by atoms with van der Waals surface area (Å²) < 4.78 is 77.8. The first-order valence-electron chi connectivity index (χ1n) is 12.9. The number of nitrogens with one attached hydrogen (secondary N) is 2. The molecule has 14 nitrogen and oxygen atoms in total. The van der Waals surface area contributed by atoms with Crippen LogP contribution in [0.3, 0.4) is 0 Å². The van der Waals surface area contributed by atoms with Crippen LogP contribution in [0, 0.1) is 11.6 Å². The maximum absolute atomic E-state index is 14.2. The molecule has 0 amide bonds. The zero-order chi connectivity index (χ0) is 32.1. The van der Waals surface area contributed by atoms with Crippen LogP contribution in [0.2, 0.25) is 0 Å². The first-order chi connectivity index (χ1) is 20.7. The van der Waals surface area contributed by atoms with E-state index in [1.807, 2.05) is 0 Å². The minimum absolute atomic E-state index is 0.271. The molecule has 0 aromatic heterocycles. The van der Waals surface area contributed by atoms with E-state index in [1.54, 1.807) is 0 Å². The van der Waals surface area contributed by atoms with Gasteiger partial charge in [-0.2, -0.15) is 10.1 Å². The largest absolute Gasteiger partial charge is 0.370 e. The van der Waals surface area contributed by atoms with Gasteiger partial charge >= 0.3 is 11.9 Å². The molecule has 4 rings (SSSR count). The summed E-state index contributed by atoms with van der Waals surface area (Å²) in [6, 6.07) is 5.65. The van der Waals surface area contributed by atoms with Crippen LogP contribution < -0.4 is 20.8 Å².